The van der Waals surface area contributed by atoms with E-state index in [2.05, 4.69) is 46.8 Å². The van der Waals surface area contributed by atoms with Crippen molar-refractivity contribution in [2.75, 3.05) is 26.3 Å². The lowest BCUT2D eigenvalue weighted by Gasteiger charge is -2.28. The van der Waals surface area contributed by atoms with Gasteiger partial charge in [-0.1, -0.05) is 32.9 Å². The normalized spacial score (nSPS) is 13.7. The molecule has 0 amide bonds. The zero-order valence-electron chi connectivity index (χ0n) is 15.5. The number of ether oxygens (including phenoxy) is 1. The molecule has 0 fully saturated rings. The molecule has 1 unspecified atom stereocenters. The molecule has 0 saturated carbocycles. The van der Waals surface area contributed by atoms with Gasteiger partial charge in [0.15, 0.2) is 0 Å². The van der Waals surface area contributed by atoms with E-state index >= 15 is 0 Å². The van der Waals surface area contributed by atoms with Crippen LogP contribution in [0.5, 0.6) is 5.75 Å². The van der Waals surface area contributed by atoms with E-state index < -0.39 is 6.10 Å². The molecule has 0 saturated heterocycles. The highest BCUT2D eigenvalue weighted by atomic mass is 16.5. The molecule has 0 radical (unpaired) electrons. The van der Waals surface area contributed by atoms with Crippen molar-refractivity contribution in [3.63, 3.8) is 0 Å². The minimum absolute atomic E-state index is 0.0964. The molecular weight excluding hydrogens is 290 g/mol. The summed E-state index contributed by atoms with van der Waals surface area (Å²) in [6.07, 6.45) is -0.578. The average molecular weight is 323 g/mol. The fourth-order valence-corrected chi connectivity index (χ4v) is 2.48. The summed E-state index contributed by atoms with van der Waals surface area (Å²) in [7, 11) is 0. The van der Waals surface area contributed by atoms with Crippen molar-refractivity contribution in [1.29, 1.82) is 0 Å². The van der Waals surface area contributed by atoms with Crippen LogP contribution in [0.25, 0.3) is 0 Å². The van der Waals surface area contributed by atoms with Crippen molar-refractivity contribution in [2.24, 2.45) is 0 Å². The van der Waals surface area contributed by atoms with Crippen molar-refractivity contribution in [3.05, 3.63) is 29.3 Å². The molecule has 0 spiro atoms. The van der Waals surface area contributed by atoms with Gasteiger partial charge in [-0.15, -0.1) is 0 Å². The molecule has 23 heavy (non-hydrogen) atoms. The maximum Gasteiger partial charge on any atom is 0.122 e. The van der Waals surface area contributed by atoms with Gasteiger partial charge in [0.2, 0.25) is 0 Å². The first-order chi connectivity index (χ1) is 10.6. The van der Waals surface area contributed by atoms with Gasteiger partial charge in [0.25, 0.3) is 0 Å². The van der Waals surface area contributed by atoms with Gasteiger partial charge in [-0.3, -0.25) is 4.90 Å². The van der Waals surface area contributed by atoms with E-state index in [1.807, 2.05) is 17.9 Å². The Kier molecular flexibility index (Phi) is 7.52. The second-order valence-corrected chi connectivity index (χ2v) is 7.51. The van der Waals surface area contributed by atoms with Gasteiger partial charge in [0, 0.05) is 19.1 Å². The smallest absolute Gasteiger partial charge is 0.122 e. The largest absolute Gasteiger partial charge is 0.491 e. The molecular formula is C19H33NO3. The zero-order valence-corrected chi connectivity index (χ0v) is 15.5. The number of hydrogen-bond acceptors (Lipinski definition) is 4. The summed E-state index contributed by atoms with van der Waals surface area (Å²) in [5.74, 6) is 0.815. The summed E-state index contributed by atoms with van der Waals surface area (Å²) in [6, 6.07) is 6.50. The van der Waals surface area contributed by atoms with Crippen LogP contribution in [0, 0.1) is 6.92 Å². The Balaban J connectivity index is 2.60. The molecule has 0 bridgehead atoms. The first kappa shape index (κ1) is 19.9. The maximum atomic E-state index is 10.2. The summed E-state index contributed by atoms with van der Waals surface area (Å²) < 4.78 is 5.79. The SMILES string of the molecule is Cc1cc(C(C)(C)C)ccc1OCC(O)CN(CCO)C(C)C. The van der Waals surface area contributed by atoms with E-state index in [0.717, 1.165) is 11.3 Å². The van der Waals surface area contributed by atoms with Crippen molar-refractivity contribution >= 4 is 0 Å². The van der Waals surface area contributed by atoms with Crippen molar-refractivity contribution in [1.82, 2.24) is 4.90 Å². The fourth-order valence-electron chi connectivity index (χ4n) is 2.48. The molecule has 4 heteroatoms. The highest BCUT2D eigenvalue weighted by Gasteiger charge is 2.17. The van der Waals surface area contributed by atoms with Crippen LogP contribution in [0.2, 0.25) is 0 Å². The maximum absolute atomic E-state index is 10.2. The molecule has 1 aromatic carbocycles. The van der Waals surface area contributed by atoms with Gasteiger partial charge < -0.3 is 14.9 Å². The van der Waals surface area contributed by atoms with E-state index in [9.17, 15) is 5.11 Å². The number of nitrogens with zero attached hydrogens (tertiary/aromatic N) is 1. The van der Waals surface area contributed by atoms with Crippen LogP contribution < -0.4 is 4.74 Å². The van der Waals surface area contributed by atoms with Crippen LogP contribution in [-0.2, 0) is 5.41 Å². The lowest BCUT2D eigenvalue weighted by atomic mass is 9.86. The molecule has 1 aromatic rings. The van der Waals surface area contributed by atoms with Crippen molar-refractivity contribution in [3.8, 4) is 5.75 Å². The van der Waals surface area contributed by atoms with E-state index in [0.29, 0.717) is 13.1 Å². The number of benzene rings is 1. The highest BCUT2D eigenvalue weighted by molar-refractivity contribution is 5.38. The zero-order chi connectivity index (χ0) is 17.6. The van der Waals surface area contributed by atoms with E-state index in [1.165, 1.54) is 5.56 Å². The Morgan fingerprint density at radius 1 is 1.22 bits per heavy atom. The summed E-state index contributed by atoms with van der Waals surface area (Å²) in [4.78, 5) is 2.05. The predicted molar refractivity (Wildman–Crippen MR) is 95.2 cm³/mol. The quantitative estimate of drug-likeness (QED) is 0.772. The topological polar surface area (TPSA) is 52.9 Å². The second kappa shape index (κ2) is 8.67. The Hall–Kier alpha value is -1.10. The standard InChI is InChI=1S/C19H33NO3/c1-14(2)20(9-10-21)12-17(22)13-23-18-8-7-16(11-15(18)3)19(4,5)6/h7-8,11,14,17,21-22H,9-10,12-13H2,1-6H3. The number of aliphatic hydroxyl groups is 2. The number of rotatable bonds is 8. The van der Waals surface area contributed by atoms with E-state index in [1.54, 1.807) is 0 Å². The van der Waals surface area contributed by atoms with Crippen molar-refractivity contribution < 1.29 is 14.9 Å². The van der Waals surface area contributed by atoms with Crippen molar-refractivity contribution in [2.45, 2.75) is 59.1 Å². The number of aliphatic hydroxyl groups excluding tert-OH is 2. The second-order valence-electron chi connectivity index (χ2n) is 7.51. The van der Waals surface area contributed by atoms with Crippen LogP contribution >= 0.6 is 0 Å². The fraction of sp³-hybridized carbons (Fsp3) is 0.684. The molecule has 0 aromatic heterocycles. The number of hydrogen-bond donors (Lipinski definition) is 2. The molecule has 1 rings (SSSR count). The molecule has 2 N–H and O–H groups in total. The lowest BCUT2D eigenvalue weighted by Crippen LogP contribution is -2.41. The Morgan fingerprint density at radius 2 is 1.87 bits per heavy atom. The van der Waals surface area contributed by atoms with Crippen LogP contribution in [0.3, 0.4) is 0 Å². The molecule has 4 nitrogen and oxygen atoms in total. The molecule has 0 aliphatic rings. The molecule has 132 valence electrons. The van der Waals surface area contributed by atoms with Gasteiger partial charge in [-0.25, -0.2) is 0 Å². The van der Waals surface area contributed by atoms with Gasteiger partial charge in [-0.2, -0.15) is 0 Å². The summed E-state index contributed by atoms with van der Waals surface area (Å²) >= 11 is 0. The summed E-state index contributed by atoms with van der Waals surface area (Å²) in [6.45, 7) is 14.1. The monoisotopic (exact) mass is 323 g/mol. The number of aryl methyl sites for hydroxylation is 1. The highest BCUT2D eigenvalue weighted by Crippen LogP contribution is 2.27. The van der Waals surface area contributed by atoms with Gasteiger partial charge in [0.1, 0.15) is 18.5 Å². The van der Waals surface area contributed by atoms with E-state index in [-0.39, 0.29) is 24.7 Å². The Labute approximate surface area is 141 Å². The summed E-state index contributed by atoms with van der Waals surface area (Å²) in [5.41, 5.74) is 2.47. The van der Waals surface area contributed by atoms with Gasteiger partial charge in [-0.05, 0) is 43.4 Å². The lowest BCUT2D eigenvalue weighted by molar-refractivity contribution is 0.0501. The van der Waals surface area contributed by atoms with Gasteiger partial charge in [0.05, 0.1) is 6.61 Å². The minimum atomic E-state index is -0.578. The van der Waals surface area contributed by atoms with Crippen LogP contribution in [0.1, 0.15) is 45.7 Å². The van der Waals surface area contributed by atoms with Gasteiger partial charge >= 0.3 is 0 Å². The van der Waals surface area contributed by atoms with Crippen LogP contribution in [-0.4, -0.2) is 53.6 Å². The predicted octanol–water partition coefficient (Wildman–Crippen LogP) is 2.73. The van der Waals surface area contributed by atoms with Crippen LogP contribution in [0.15, 0.2) is 18.2 Å². The first-order valence-corrected chi connectivity index (χ1v) is 8.42. The average Bonchev–Trinajstić information content (AvgIpc) is 2.44. The molecule has 0 aliphatic carbocycles. The Bertz CT molecular complexity index is 480. The third-order valence-corrected chi connectivity index (χ3v) is 4.03. The third-order valence-electron chi connectivity index (χ3n) is 4.03. The molecule has 0 heterocycles. The third kappa shape index (κ3) is 6.50. The Morgan fingerprint density at radius 3 is 2.35 bits per heavy atom. The minimum Gasteiger partial charge on any atom is -0.491 e. The van der Waals surface area contributed by atoms with Crippen LogP contribution in [0.4, 0.5) is 0 Å². The molecule has 0 aliphatic heterocycles. The molecule has 1 atom stereocenters. The summed E-state index contributed by atoms with van der Waals surface area (Å²) in [5, 5.41) is 19.3. The van der Waals surface area contributed by atoms with E-state index in [4.69, 9.17) is 9.84 Å². The first-order valence-electron chi connectivity index (χ1n) is 8.42.